The largest absolute Gasteiger partial charge is 0.327 e. The Bertz CT molecular complexity index is 1050. The van der Waals surface area contributed by atoms with Crippen LogP contribution in [0, 0.1) is 5.95 Å². The molecule has 0 radical (unpaired) electrons. The van der Waals surface area contributed by atoms with E-state index in [0.29, 0.717) is 23.1 Å². The Morgan fingerprint density at radius 2 is 2.04 bits per heavy atom. The number of halogens is 2. The van der Waals surface area contributed by atoms with E-state index in [1.54, 1.807) is 18.3 Å². The predicted octanol–water partition coefficient (Wildman–Crippen LogP) is 4.16. The zero-order valence-corrected chi connectivity index (χ0v) is 14.3. The molecule has 0 fully saturated rings. The van der Waals surface area contributed by atoms with Gasteiger partial charge in [0.05, 0.1) is 17.6 Å². The van der Waals surface area contributed by atoms with Crippen molar-refractivity contribution < 1.29 is 4.39 Å². The fourth-order valence-corrected chi connectivity index (χ4v) is 3.14. The molecule has 3 heterocycles. The van der Waals surface area contributed by atoms with Crippen molar-refractivity contribution in [1.29, 1.82) is 0 Å². The minimum absolute atomic E-state index is 0.493. The van der Waals surface area contributed by atoms with Gasteiger partial charge in [-0.05, 0) is 37.3 Å². The molecule has 0 amide bonds. The van der Waals surface area contributed by atoms with Gasteiger partial charge >= 0.3 is 0 Å². The van der Waals surface area contributed by atoms with Gasteiger partial charge in [-0.2, -0.15) is 4.39 Å². The van der Waals surface area contributed by atoms with Crippen LogP contribution < -0.4 is 0 Å². The Morgan fingerprint density at radius 3 is 2.84 bits per heavy atom. The van der Waals surface area contributed by atoms with Crippen LogP contribution >= 0.6 is 11.6 Å². The van der Waals surface area contributed by atoms with Gasteiger partial charge in [-0.3, -0.25) is 0 Å². The van der Waals surface area contributed by atoms with Crippen LogP contribution in [-0.2, 0) is 13.1 Å². The van der Waals surface area contributed by atoms with E-state index < -0.39 is 5.95 Å². The molecule has 3 aromatic heterocycles. The van der Waals surface area contributed by atoms with Crippen molar-refractivity contribution in [3.05, 3.63) is 65.6 Å². The molecule has 0 atom stereocenters. The summed E-state index contributed by atoms with van der Waals surface area (Å²) in [5.41, 5.74) is 2.38. The zero-order chi connectivity index (χ0) is 17.4. The second kappa shape index (κ2) is 6.29. The van der Waals surface area contributed by atoms with Crippen molar-refractivity contribution in [1.82, 2.24) is 24.1 Å². The molecular formula is C18H15ClFN5. The average molecular weight is 356 g/mol. The van der Waals surface area contributed by atoms with Gasteiger partial charge in [0.25, 0.3) is 0 Å². The maximum atomic E-state index is 13.4. The third-order valence-corrected chi connectivity index (χ3v) is 4.31. The molecule has 0 unspecified atom stereocenters. The van der Waals surface area contributed by atoms with Crippen molar-refractivity contribution in [2.75, 3.05) is 0 Å². The summed E-state index contributed by atoms with van der Waals surface area (Å²) in [5, 5.41) is 0.681. The summed E-state index contributed by atoms with van der Waals surface area (Å²) in [6.45, 7) is 3.34. The highest BCUT2D eigenvalue weighted by molar-refractivity contribution is 6.31. The minimum atomic E-state index is -0.525. The van der Waals surface area contributed by atoms with Crippen molar-refractivity contribution >= 4 is 22.6 Å². The number of nitrogens with zero attached hydrogens (tertiary/aromatic N) is 5. The third kappa shape index (κ3) is 2.89. The van der Waals surface area contributed by atoms with E-state index in [0.717, 1.165) is 23.4 Å². The summed E-state index contributed by atoms with van der Waals surface area (Å²) >= 11 is 6.12. The first-order valence-corrected chi connectivity index (χ1v) is 8.32. The lowest BCUT2D eigenvalue weighted by atomic mass is 10.3. The molecule has 0 saturated carbocycles. The number of hydrogen-bond donors (Lipinski definition) is 0. The lowest BCUT2D eigenvalue weighted by molar-refractivity contribution is 0.584. The number of rotatable bonds is 4. The smallest absolute Gasteiger partial charge is 0.213 e. The molecule has 0 aliphatic rings. The standard InChI is InChI=1S/C18H15ClFN5/c1-2-25-15-10-12(19)6-7-13(15)23-17(25)11-24-9-8-21-18(24)14-4-3-5-16(20)22-14/h3-10H,2,11H2,1H3. The lowest BCUT2D eigenvalue weighted by Gasteiger charge is -2.09. The van der Waals surface area contributed by atoms with Crippen LogP contribution in [0.25, 0.3) is 22.6 Å². The van der Waals surface area contributed by atoms with Gasteiger partial charge in [0.2, 0.25) is 5.95 Å². The second-order valence-corrected chi connectivity index (χ2v) is 6.07. The summed E-state index contributed by atoms with van der Waals surface area (Å²) in [5.74, 6) is 0.963. The Kier molecular flexibility index (Phi) is 3.97. The zero-order valence-electron chi connectivity index (χ0n) is 13.5. The van der Waals surface area contributed by atoms with E-state index in [9.17, 15) is 4.39 Å². The molecule has 4 rings (SSSR count). The summed E-state index contributed by atoms with van der Waals surface area (Å²) in [6.07, 6.45) is 3.52. The summed E-state index contributed by atoms with van der Waals surface area (Å²) < 4.78 is 17.5. The average Bonchev–Trinajstić information content (AvgIpc) is 3.19. The van der Waals surface area contributed by atoms with Crippen LogP contribution in [0.2, 0.25) is 5.02 Å². The molecule has 0 spiro atoms. The van der Waals surface area contributed by atoms with E-state index in [2.05, 4.69) is 21.5 Å². The molecule has 0 aliphatic heterocycles. The van der Waals surface area contributed by atoms with Crippen LogP contribution in [-0.4, -0.2) is 24.1 Å². The number of fused-ring (bicyclic) bond motifs is 1. The molecule has 25 heavy (non-hydrogen) atoms. The topological polar surface area (TPSA) is 48.5 Å². The van der Waals surface area contributed by atoms with Crippen molar-refractivity contribution in [3.8, 4) is 11.5 Å². The minimum Gasteiger partial charge on any atom is -0.327 e. The van der Waals surface area contributed by atoms with Gasteiger partial charge in [0.15, 0.2) is 5.82 Å². The number of pyridine rings is 1. The quantitative estimate of drug-likeness (QED) is 0.516. The first-order chi connectivity index (χ1) is 12.2. The van der Waals surface area contributed by atoms with E-state index in [-0.39, 0.29) is 0 Å². The van der Waals surface area contributed by atoms with E-state index in [1.165, 1.54) is 6.07 Å². The summed E-state index contributed by atoms with van der Waals surface area (Å²) in [6, 6.07) is 10.3. The van der Waals surface area contributed by atoms with Crippen LogP contribution in [0.15, 0.2) is 48.8 Å². The molecular weight excluding hydrogens is 341 g/mol. The van der Waals surface area contributed by atoms with Gasteiger partial charge in [-0.15, -0.1) is 0 Å². The number of aryl methyl sites for hydroxylation is 1. The van der Waals surface area contributed by atoms with Crippen molar-refractivity contribution in [2.45, 2.75) is 20.0 Å². The number of aromatic nitrogens is 5. The fraction of sp³-hybridized carbons (Fsp3) is 0.167. The van der Waals surface area contributed by atoms with E-state index in [1.807, 2.05) is 29.0 Å². The Balaban J connectivity index is 1.77. The van der Waals surface area contributed by atoms with Crippen molar-refractivity contribution in [2.24, 2.45) is 0 Å². The Morgan fingerprint density at radius 1 is 1.16 bits per heavy atom. The van der Waals surface area contributed by atoms with E-state index >= 15 is 0 Å². The predicted molar refractivity (Wildman–Crippen MR) is 94.9 cm³/mol. The Hall–Kier alpha value is -2.73. The summed E-state index contributed by atoms with van der Waals surface area (Å²) in [4.78, 5) is 13.0. The van der Waals surface area contributed by atoms with Gasteiger partial charge in [0, 0.05) is 24.0 Å². The van der Waals surface area contributed by atoms with Crippen molar-refractivity contribution in [3.63, 3.8) is 0 Å². The highest BCUT2D eigenvalue weighted by atomic mass is 35.5. The fourth-order valence-electron chi connectivity index (χ4n) is 2.97. The summed E-state index contributed by atoms with van der Waals surface area (Å²) in [7, 11) is 0. The van der Waals surface area contributed by atoms with Gasteiger partial charge in [-0.25, -0.2) is 15.0 Å². The molecule has 7 heteroatoms. The first kappa shape index (κ1) is 15.8. The third-order valence-electron chi connectivity index (χ3n) is 4.08. The normalized spacial score (nSPS) is 11.3. The lowest BCUT2D eigenvalue weighted by Crippen LogP contribution is -2.09. The SMILES string of the molecule is CCn1c(Cn2ccnc2-c2cccc(F)n2)nc2ccc(Cl)cc21. The second-order valence-electron chi connectivity index (χ2n) is 5.63. The Labute approximate surface area is 148 Å². The highest BCUT2D eigenvalue weighted by Gasteiger charge is 2.14. The van der Waals surface area contributed by atoms with Crippen LogP contribution in [0.4, 0.5) is 4.39 Å². The molecule has 1 aromatic carbocycles. The molecule has 4 aromatic rings. The maximum Gasteiger partial charge on any atom is 0.213 e. The highest BCUT2D eigenvalue weighted by Crippen LogP contribution is 2.23. The molecule has 0 N–H and O–H groups in total. The van der Waals surface area contributed by atoms with Gasteiger partial charge < -0.3 is 9.13 Å². The van der Waals surface area contributed by atoms with Crippen LogP contribution in [0.1, 0.15) is 12.7 Å². The molecule has 0 aliphatic carbocycles. The molecule has 5 nitrogen and oxygen atoms in total. The molecule has 0 saturated heterocycles. The number of imidazole rings is 2. The van der Waals surface area contributed by atoms with Crippen LogP contribution in [0.5, 0.6) is 0 Å². The van der Waals surface area contributed by atoms with Crippen LogP contribution in [0.3, 0.4) is 0 Å². The molecule has 126 valence electrons. The van der Waals surface area contributed by atoms with Gasteiger partial charge in [0.1, 0.15) is 11.5 Å². The number of benzene rings is 1. The first-order valence-electron chi connectivity index (χ1n) is 7.94. The monoisotopic (exact) mass is 355 g/mol. The number of hydrogen-bond acceptors (Lipinski definition) is 3. The maximum absolute atomic E-state index is 13.4. The molecule has 0 bridgehead atoms. The van der Waals surface area contributed by atoms with E-state index in [4.69, 9.17) is 16.6 Å². The van der Waals surface area contributed by atoms with Gasteiger partial charge in [-0.1, -0.05) is 17.7 Å².